The number of carbonyl (C=O) groups is 1. The lowest BCUT2D eigenvalue weighted by Gasteiger charge is -2.19. The van der Waals surface area contributed by atoms with Crippen LogP contribution in [0.2, 0.25) is 0 Å². The van der Waals surface area contributed by atoms with Gasteiger partial charge in [0.25, 0.3) is 5.69 Å². The average molecular weight is 312 g/mol. The Hall–Kier alpha value is -1.44. The molecule has 0 aromatic heterocycles. The molecule has 0 heterocycles. The van der Waals surface area contributed by atoms with Crippen LogP contribution < -0.4 is 0 Å². The van der Waals surface area contributed by atoms with Crippen LogP contribution in [-0.4, -0.2) is 59.5 Å². The monoisotopic (exact) mass is 312 g/mol. The van der Waals surface area contributed by atoms with Crippen molar-refractivity contribution in [3.8, 4) is 0 Å². The molecular weight excluding hydrogens is 292 g/mol. The standard InChI is InChI=1S/C14H20N2O4S/c1-15(2)9-12(10-21-8-7-17)14(18)11-3-5-13(6-4-11)16(19)20/h3-6,12,17H,7-10H2,1-2H3. The quantitative estimate of drug-likeness (QED) is 0.323. The Kier molecular flexibility index (Phi) is 7.35. The van der Waals surface area contributed by atoms with Crippen molar-refractivity contribution in [3.63, 3.8) is 0 Å². The maximum atomic E-state index is 12.5. The molecule has 0 radical (unpaired) electrons. The Morgan fingerprint density at radius 3 is 2.48 bits per heavy atom. The lowest BCUT2D eigenvalue weighted by atomic mass is 9.98. The highest BCUT2D eigenvalue weighted by molar-refractivity contribution is 7.99. The van der Waals surface area contributed by atoms with E-state index < -0.39 is 4.92 Å². The molecule has 6 nitrogen and oxygen atoms in total. The van der Waals surface area contributed by atoms with Gasteiger partial charge in [-0.05, 0) is 26.2 Å². The molecule has 7 heteroatoms. The van der Waals surface area contributed by atoms with Gasteiger partial charge in [-0.1, -0.05) is 0 Å². The van der Waals surface area contributed by atoms with E-state index in [1.54, 1.807) is 0 Å². The number of carbonyl (C=O) groups excluding carboxylic acids is 1. The molecule has 1 rings (SSSR count). The van der Waals surface area contributed by atoms with Gasteiger partial charge in [0.15, 0.2) is 5.78 Å². The van der Waals surface area contributed by atoms with Crippen LogP contribution in [0.1, 0.15) is 10.4 Å². The summed E-state index contributed by atoms with van der Waals surface area (Å²) in [6.45, 7) is 0.694. The summed E-state index contributed by atoms with van der Waals surface area (Å²) in [5, 5.41) is 19.4. The first kappa shape index (κ1) is 17.6. The lowest BCUT2D eigenvalue weighted by Crippen LogP contribution is -2.30. The molecule has 1 aromatic carbocycles. The number of nitrogens with zero attached hydrogens (tertiary/aromatic N) is 2. The summed E-state index contributed by atoms with van der Waals surface area (Å²) in [4.78, 5) is 24.6. The maximum absolute atomic E-state index is 12.5. The van der Waals surface area contributed by atoms with Crippen molar-refractivity contribution in [1.29, 1.82) is 0 Å². The van der Waals surface area contributed by atoms with Crippen LogP contribution in [0.3, 0.4) is 0 Å². The molecule has 0 spiro atoms. The van der Waals surface area contributed by atoms with E-state index in [0.717, 1.165) is 0 Å². The predicted molar refractivity (Wildman–Crippen MR) is 83.9 cm³/mol. The number of aliphatic hydroxyl groups is 1. The molecule has 0 aliphatic heterocycles. The van der Waals surface area contributed by atoms with Gasteiger partial charge in [-0.15, -0.1) is 0 Å². The van der Waals surface area contributed by atoms with E-state index in [0.29, 0.717) is 23.6 Å². The fourth-order valence-corrected chi connectivity index (χ4v) is 2.76. The molecule has 0 bridgehead atoms. The van der Waals surface area contributed by atoms with E-state index in [1.165, 1.54) is 36.0 Å². The third kappa shape index (κ3) is 5.82. The van der Waals surface area contributed by atoms with Crippen LogP contribution in [0.15, 0.2) is 24.3 Å². The number of nitro groups is 1. The fourth-order valence-electron chi connectivity index (χ4n) is 1.93. The zero-order chi connectivity index (χ0) is 15.8. The summed E-state index contributed by atoms with van der Waals surface area (Å²) in [5.74, 6) is 0.994. The zero-order valence-corrected chi connectivity index (χ0v) is 13.0. The number of aliphatic hydroxyl groups excluding tert-OH is 1. The molecule has 0 saturated heterocycles. The normalized spacial score (nSPS) is 12.4. The maximum Gasteiger partial charge on any atom is 0.269 e. The second kappa shape index (κ2) is 8.76. The summed E-state index contributed by atoms with van der Waals surface area (Å²) in [6.07, 6.45) is 0. The van der Waals surface area contributed by atoms with Crippen LogP contribution >= 0.6 is 11.8 Å². The van der Waals surface area contributed by atoms with E-state index in [1.807, 2.05) is 19.0 Å². The SMILES string of the molecule is CN(C)CC(CSCCO)C(=O)c1ccc([N+](=O)[O-])cc1. The van der Waals surface area contributed by atoms with Crippen molar-refractivity contribution in [1.82, 2.24) is 4.90 Å². The Bertz CT molecular complexity index is 476. The number of non-ortho nitro benzene ring substituents is 1. The van der Waals surface area contributed by atoms with E-state index >= 15 is 0 Å². The molecular formula is C14H20N2O4S. The molecule has 0 saturated carbocycles. The molecule has 1 unspecified atom stereocenters. The summed E-state index contributed by atoms with van der Waals surface area (Å²) in [5.41, 5.74) is 0.461. The van der Waals surface area contributed by atoms with Gasteiger partial charge in [-0.3, -0.25) is 14.9 Å². The minimum atomic E-state index is -0.483. The molecule has 1 atom stereocenters. The summed E-state index contributed by atoms with van der Waals surface area (Å²) in [6, 6.07) is 5.70. The van der Waals surface area contributed by atoms with Crippen molar-refractivity contribution in [2.45, 2.75) is 0 Å². The van der Waals surface area contributed by atoms with Gasteiger partial charge >= 0.3 is 0 Å². The Morgan fingerprint density at radius 1 is 1.38 bits per heavy atom. The van der Waals surface area contributed by atoms with E-state index in [9.17, 15) is 14.9 Å². The zero-order valence-electron chi connectivity index (χ0n) is 12.2. The fraction of sp³-hybridized carbons (Fsp3) is 0.500. The summed E-state index contributed by atoms with van der Waals surface area (Å²) >= 11 is 1.53. The molecule has 0 fully saturated rings. The van der Waals surface area contributed by atoms with Crippen molar-refractivity contribution >= 4 is 23.2 Å². The van der Waals surface area contributed by atoms with E-state index in [-0.39, 0.29) is 24.0 Å². The topological polar surface area (TPSA) is 83.7 Å². The highest BCUT2D eigenvalue weighted by Crippen LogP contribution is 2.18. The number of hydrogen-bond acceptors (Lipinski definition) is 6. The Balaban J connectivity index is 2.80. The van der Waals surface area contributed by atoms with Gasteiger partial charge in [-0.25, -0.2) is 0 Å². The van der Waals surface area contributed by atoms with Crippen LogP contribution in [0.4, 0.5) is 5.69 Å². The number of rotatable bonds is 9. The number of benzene rings is 1. The third-order valence-electron chi connectivity index (χ3n) is 2.87. The number of hydrogen-bond donors (Lipinski definition) is 1. The van der Waals surface area contributed by atoms with Gasteiger partial charge < -0.3 is 10.0 Å². The number of thioether (sulfide) groups is 1. The van der Waals surface area contributed by atoms with Crippen molar-refractivity contribution in [3.05, 3.63) is 39.9 Å². The van der Waals surface area contributed by atoms with Gasteiger partial charge in [0.2, 0.25) is 0 Å². The van der Waals surface area contributed by atoms with Gasteiger partial charge in [0, 0.05) is 41.7 Å². The van der Waals surface area contributed by atoms with Crippen LogP contribution in [0, 0.1) is 16.0 Å². The van der Waals surface area contributed by atoms with Crippen LogP contribution in [0.25, 0.3) is 0 Å². The highest BCUT2D eigenvalue weighted by Gasteiger charge is 2.21. The van der Waals surface area contributed by atoms with Crippen molar-refractivity contribution < 1.29 is 14.8 Å². The minimum absolute atomic E-state index is 0.0228. The summed E-state index contributed by atoms with van der Waals surface area (Å²) < 4.78 is 0. The minimum Gasteiger partial charge on any atom is -0.396 e. The molecule has 0 amide bonds. The second-order valence-electron chi connectivity index (χ2n) is 4.93. The van der Waals surface area contributed by atoms with Crippen LogP contribution in [-0.2, 0) is 0 Å². The van der Waals surface area contributed by atoms with Crippen LogP contribution in [0.5, 0.6) is 0 Å². The number of nitro benzene ring substituents is 1. The molecule has 21 heavy (non-hydrogen) atoms. The second-order valence-corrected chi connectivity index (χ2v) is 6.08. The first-order valence-corrected chi connectivity index (χ1v) is 7.73. The highest BCUT2D eigenvalue weighted by atomic mass is 32.2. The first-order valence-electron chi connectivity index (χ1n) is 6.57. The van der Waals surface area contributed by atoms with E-state index in [4.69, 9.17) is 5.11 Å². The van der Waals surface area contributed by atoms with Crippen molar-refractivity contribution in [2.75, 3.05) is 38.8 Å². The molecule has 1 N–H and O–H groups in total. The molecule has 0 aliphatic rings. The smallest absolute Gasteiger partial charge is 0.269 e. The lowest BCUT2D eigenvalue weighted by molar-refractivity contribution is -0.384. The van der Waals surface area contributed by atoms with Gasteiger partial charge in [0.05, 0.1) is 11.5 Å². The molecule has 0 aliphatic carbocycles. The Morgan fingerprint density at radius 2 is 2.00 bits per heavy atom. The van der Waals surface area contributed by atoms with Gasteiger partial charge in [0.1, 0.15) is 0 Å². The first-order chi connectivity index (χ1) is 9.95. The third-order valence-corrected chi connectivity index (χ3v) is 3.98. The van der Waals surface area contributed by atoms with Crippen molar-refractivity contribution in [2.24, 2.45) is 5.92 Å². The number of ketones is 1. The number of Topliss-reactive ketones (excluding diaryl/α,β-unsaturated/α-hetero) is 1. The average Bonchev–Trinajstić information content (AvgIpc) is 2.45. The molecule has 1 aromatic rings. The van der Waals surface area contributed by atoms with Gasteiger partial charge in [-0.2, -0.15) is 11.8 Å². The van der Waals surface area contributed by atoms with E-state index in [2.05, 4.69) is 0 Å². The largest absolute Gasteiger partial charge is 0.396 e. The molecule has 116 valence electrons. The predicted octanol–water partition coefficient (Wildman–Crippen LogP) is 1.68. The Labute approximate surface area is 128 Å². The summed E-state index contributed by atoms with van der Waals surface area (Å²) in [7, 11) is 3.79.